The normalized spacial score (nSPS) is 15.3. The molecule has 0 atom stereocenters. The van der Waals surface area contributed by atoms with Gasteiger partial charge in [-0.2, -0.15) is 0 Å². The number of carbonyl (C=O) groups excluding carboxylic acids is 2. The highest BCUT2D eigenvalue weighted by molar-refractivity contribution is 6.03. The Morgan fingerprint density at radius 3 is 2.46 bits per heavy atom. The van der Waals surface area contributed by atoms with Crippen LogP contribution in [0.2, 0.25) is 0 Å². The van der Waals surface area contributed by atoms with Gasteiger partial charge in [0.2, 0.25) is 5.91 Å². The van der Waals surface area contributed by atoms with Gasteiger partial charge in [-0.1, -0.05) is 38.3 Å². The quantitative estimate of drug-likeness (QED) is 0.782. The summed E-state index contributed by atoms with van der Waals surface area (Å²) in [6.45, 7) is 5.39. The van der Waals surface area contributed by atoms with Crippen molar-refractivity contribution in [3.8, 4) is 0 Å². The van der Waals surface area contributed by atoms with Gasteiger partial charge in [-0.25, -0.2) is 0 Å². The van der Waals surface area contributed by atoms with Crippen LogP contribution in [-0.2, 0) is 4.79 Å². The zero-order valence-electron chi connectivity index (χ0n) is 14.9. The largest absolute Gasteiger partial charge is 0.336 e. The number of hydrogen-bond donors (Lipinski definition) is 1. The topological polar surface area (TPSA) is 52.7 Å². The van der Waals surface area contributed by atoms with Crippen molar-refractivity contribution in [2.75, 3.05) is 38.5 Å². The fourth-order valence-electron chi connectivity index (χ4n) is 2.88. The highest BCUT2D eigenvalue weighted by Crippen LogP contribution is 2.19. The minimum absolute atomic E-state index is 0.00461. The maximum absolute atomic E-state index is 12.8. The number of amides is 2. The molecule has 1 aliphatic heterocycles. The number of nitrogens with zero attached hydrogens (tertiary/aromatic N) is 2. The molecule has 1 aromatic carbocycles. The molecule has 1 fully saturated rings. The second-order valence-electron chi connectivity index (χ2n) is 6.50. The van der Waals surface area contributed by atoms with Crippen molar-refractivity contribution in [1.29, 1.82) is 0 Å². The lowest BCUT2D eigenvalue weighted by molar-refractivity contribution is -0.116. The molecule has 0 aliphatic carbocycles. The van der Waals surface area contributed by atoms with Crippen LogP contribution in [0.1, 0.15) is 49.4 Å². The van der Waals surface area contributed by atoms with Gasteiger partial charge < -0.3 is 15.1 Å². The van der Waals surface area contributed by atoms with E-state index in [4.69, 9.17) is 0 Å². The lowest BCUT2D eigenvalue weighted by atomic mass is 10.1. The standard InChI is InChI=1S/C19H29N3O2/c1-3-4-5-6-11-18(23)20-17-10-8-7-9-16(17)19(24)22-14-12-21(2)13-15-22/h7-10H,3-6,11-15H2,1-2H3,(H,20,23). The minimum Gasteiger partial charge on any atom is -0.336 e. The van der Waals surface area contributed by atoms with Crippen molar-refractivity contribution in [2.24, 2.45) is 0 Å². The summed E-state index contributed by atoms with van der Waals surface area (Å²) >= 11 is 0. The van der Waals surface area contributed by atoms with Gasteiger partial charge in [0.25, 0.3) is 5.91 Å². The number of hydrogen-bond acceptors (Lipinski definition) is 3. The number of benzene rings is 1. The zero-order chi connectivity index (χ0) is 17.4. The van der Waals surface area contributed by atoms with Gasteiger partial charge in [-0.15, -0.1) is 0 Å². The van der Waals surface area contributed by atoms with Gasteiger partial charge in [0, 0.05) is 32.6 Å². The van der Waals surface area contributed by atoms with Crippen LogP contribution in [0.25, 0.3) is 0 Å². The fourth-order valence-corrected chi connectivity index (χ4v) is 2.88. The molecule has 5 heteroatoms. The Kier molecular flexibility index (Phi) is 7.25. The summed E-state index contributed by atoms with van der Waals surface area (Å²) < 4.78 is 0. The van der Waals surface area contributed by atoms with E-state index in [1.165, 1.54) is 0 Å². The first-order valence-electron chi connectivity index (χ1n) is 8.98. The molecule has 2 amide bonds. The molecule has 0 radical (unpaired) electrons. The Balaban J connectivity index is 1.96. The molecule has 0 saturated carbocycles. The van der Waals surface area contributed by atoms with Crippen LogP contribution in [-0.4, -0.2) is 54.8 Å². The Morgan fingerprint density at radius 2 is 1.75 bits per heavy atom. The van der Waals surface area contributed by atoms with Crippen molar-refractivity contribution >= 4 is 17.5 Å². The Morgan fingerprint density at radius 1 is 1.04 bits per heavy atom. The maximum atomic E-state index is 12.8. The second kappa shape index (κ2) is 9.42. The van der Waals surface area contributed by atoms with Crippen LogP contribution in [0.4, 0.5) is 5.69 Å². The molecule has 132 valence electrons. The third kappa shape index (κ3) is 5.34. The fraction of sp³-hybridized carbons (Fsp3) is 0.579. The van der Waals surface area contributed by atoms with Crippen molar-refractivity contribution in [2.45, 2.75) is 39.0 Å². The van der Waals surface area contributed by atoms with Crippen LogP contribution in [0.15, 0.2) is 24.3 Å². The van der Waals surface area contributed by atoms with Crippen molar-refractivity contribution in [3.05, 3.63) is 29.8 Å². The van der Waals surface area contributed by atoms with Crippen LogP contribution in [0, 0.1) is 0 Å². The first-order chi connectivity index (χ1) is 11.6. The van der Waals surface area contributed by atoms with E-state index >= 15 is 0 Å². The molecule has 5 nitrogen and oxygen atoms in total. The molecule has 0 bridgehead atoms. The van der Waals surface area contributed by atoms with E-state index in [9.17, 15) is 9.59 Å². The number of carbonyl (C=O) groups is 2. The smallest absolute Gasteiger partial charge is 0.256 e. The monoisotopic (exact) mass is 331 g/mol. The average Bonchev–Trinajstić information content (AvgIpc) is 2.59. The van der Waals surface area contributed by atoms with E-state index in [0.29, 0.717) is 17.7 Å². The number of para-hydroxylation sites is 1. The summed E-state index contributed by atoms with van der Waals surface area (Å²) in [5.41, 5.74) is 1.21. The first-order valence-corrected chi connectivity index (χ1v) is 8.98. The third-order valence-corrected chi connectivity index (χ3v) is 4.48. The molecule has 0 unspecified atom stereocenters. The Hall–Kier alpha value is -1.88. The van der Waals surface area contributed by atoms with E-state index in [1.807, 2.05) is 23.1 Å². The average molecular weight is 331 g/mol. The molecule has 1 heterocycles. The summed E-state index contributed by atoms with van der Waals surface area (Å²) in [7, 11) is 2.06. The molecule has 1 N–H and O–H groups in total. The number of unbranched alkanes of at least 4 members (excludes halogenated alkanes) is 3. The van der Waals surface area contributed by atoms with Crippen molar-refractivity contribution in [1.82, 2.24) is 9.80 Å². The first kappa shape index (κ1) is 18.5. The summed E-state index contributed by atoms with van der Waals surface area (Å²) in [6, 6.07) is 7.31. The predicted octanol–water partition coefficient (Wildman–Crippen LogP) is 2.98. The molecule has 2 rings (SSSR count). The van der Waals surface area contributed by atoms with Gasteiger partial charge in [0.05, 0.1) is 11.3 Å². The van der Waals surface area contributed by atoms with E-state index in [0.717, 1.165) is 51.9 Å². The summed E-state index contributed by atoms with van der Waals surface area (Å²) in [4.78, 5) is 29.0. The SMILES string of the molecule is CCCCCCC(=O)Nc1ccccc1C(=O)N1CCN(C)CC1. The predicted molar refractivity (Wildman–Crippen MR) is 97.2 cm³/mol. The summed E-state index contributed by atoms with van der Waals surface area (Å²) in [5.74, 6) is -0.00489. The lowest BCUT2D eigenvalue weighted by Gasteiger charge is -2.32. The van der Waals surface area contributed by atoms with Gasteiger partial charge in [0.15, 0.2) is 0 Å². The van der Waals surface area contributed by atoms with E-state index in [2.05, 4.69) is 24.2 Å². The van der Waals surface area contributed by atoms with Crippen molar-refractivity contribution < 1.29 is 9.59 Å². The summed E-state index contributed by atoms with van der Waals surface area (Å²) in [5, 5.41) is 2.92. The number of anilines is 1. The third-order valence-electron chi connectivity index (χ3n) is 4.48. The van der Waals surface area contributed by atoms with Crippen LogP contribution in [0.3, 0.4) is 0 Å². The highest BCUT2D eigenvalue weighted by Gasteiger charge is 2.22. The van der Waals surface area contributed by atoms with Gasteiger partial charge in [-0.3, -0.25) is 9.59 Å². The molecular formula is C19H29N3O2. The van der Waals surface area contributed by atoms with Gasteiger partial charge >= 0.3 is 0 Å². The second-order valence-corrected chi connectivity index (χ2v) is 6.50. The van der Waals surface area contributed by atoms with Crippen LogP contribution in [0.5, 0.6) is 0 Å². The molecule has 24 heavy (non-hydrogen) atoms. The molecule has 0 spiro atoms. The lowest BCUT2D eigenvalue weighted by Crippen LogP contribution is -2.47. The number of nitrogens with one attached hydrogen (secondary N) is 1. The van der Waals surface area contributed by atoms with E-state index < -0.39 is 0 Å². The number of likely N-dealkylation sites (N-methyl/N-ethyl adjacent to an activating group) is 1. The van der Waals surface area contributed by atoms with E-state index in [-0.39, 0.29) is 11.8 Å². The molecule has 1 aromatic rings. The van der Waals surface area contributed by atoms with Crippen molar-refractivity contribution in [3.63, 3.8) is 0 Å². The molecular weight excluding hydrogens is 302 g/mol. The molecule has 1 aliphatic rings. The Labute approximate surface area is 145 Å². The molecule has 0 aromatic heterocycles. The zero-order valence-corrected chi connectivity index (χ0v) is 14.9. The minimum atomic E-state index is -0.00951. The highest BCUT2D eigenvalue weighted by atomic mass is 16.2. The van der Waals surface area contributed by atoms with Gasteiger partial charge in [0.1, 0.15) is 0 Å². The summed E-state index contributed by atoms with van der Waals surface area (Å²) in [6.07, 6.45) is 4.80. The maximum Gasteiger partial charge on any atom is 0.256 e. The Bertz CT molecular complexity index is 551. The molecule has 1 saturated heterocycles. The number of piperazine rings is 1. The van der Waals surface area contributed by atoms with Crippen LogP contribution < -0.4 is 5.32 Å². The van der Waals surface area contributed by atoms with E-state index in [1.54, 1.807) is 6.07 Å². The van der Waals surface area contributed by atoms with Gasteiger partial charge in [-0.05, 0) is 25.6 Å². The number of rotatable bonds is 7. The van der Waals surface area contributed by atoms with Crippen LogP contribution >= 0.6 is 0 Å².